The highest BCUT2D eigenvalue weighted by Crippen LogP contribution is 2.24. The van der Waals surface area contributed by atoms with Gasteiger partial charge in [0.25, 0.3) is 0 Å². The Morgan fingerprint density at radius 3 is 2.78 bits per heavy atom. The number of carbonyl (C=O) groups is 2. The number of rotatable bonds is 2. The lowest BCUT2D eigenvalue weighted by Crippen LogP contribution is -2.58. The molecule has 1 heterocycles. The first-order valence-corrected chi connectivity index (χ1v) is 5.99. The highest BCUT2D eigenvalue weighted by atomic mass is 16.2. The second kappa shape index (κ2) is 4.68. The zero-order valence-corrected chi connectivity index (χ0v) is 10.6. The molecule has 5 nitrogen and oxygen atoms in total. The van der Waals surface area contributed by atoms with Gasteiger partial charge in [-0.25, -0.2) is 0 Å². The average molecular weight is 247 g/mol. The van der Waals surface area contributed by atoms with E-state index in [2.05, 4.69) is 5.32 Å². The standard InChI is InChI=1S/C13H17N3O2/c1-3-11-13(18)15-12(17)7-16(11)9-4-5-10(14)8(2)6-9/h4-6,11H,3,7,14H2,1-2H3,(H,15,17,18). The van der Waals surface area contributed by atoms with Crippen LogP contribution in [-0.2, 0) is 9.59 Å². The first-order valence-electron chi connectivity index (χ1n) is 5.99. The van der Waals surface area contributed by atoms with Crippen LogP contribution in [0, 0.1) is 6.92 Å². The van der Waals surface area contributed by atoms with E-state index in [1.54, 1.807) is 6.07 Å². The van der Waals surface area contributed by atoms with E-state index in [4.69, 9.17) is 5.73 Å². The van der Waals surface area contributed by atoms with Gasteiger partial charge in [-0.3, -0.25) is 14.9 Å². The molecule has 3 N–H and O–H groups in total. The molecule has 0 aromatic heterocycles. The Balaban J connectivity index is 2.36. The van der Waals surface area contributed by atoms with Crippen molar-refractivity contribution in [3.8, 4) is 0 Å². The molecule has 1 saturated heterocycles. The van der Waals surface area contributed by atoms with Crippen LogP contribution >= 0.6 is 0 Å². The third kappa shape index (κ3) is 2.16. The normalized spacial score (nSPS) is 19.9. The van der Waals surface area contributed by atoms with Crippen molar-refractivity contribution in [2.75, 3.05) is 17.2 Å². The summed E-state index contributed by atoms with van der Waals surface area (Å²) in [6.07, 6.45) is 0.655. The molecule has 2 amide bonds. The van der Waals surface area contributed by atoms with E-state index in [1.165, 1.54) is 0 Å². The number of hydrogen-bond acceptors (Lipinski definition) is 4. The minimum atomic E-state index is -0.300. The monoisotopic (exact) mass is 247 g/mol. The van der Waals surface area contributed by atoms with Crippen molar-refractivity contribution in [1.29, 1.82) is 0 Å². The number of hydrogen-bond donors (Lipinski definition) is 2. The van der Waals surface area contributed by atoms with Gasteiger partial charge >= 0.3 is 0 Å². The maximum absolute atomic E-state index is 11.8. The van der Waals surface area contributed by atoms with E-state index in [1.807, 2.05) is 30.9 Å². The molecule has 0 spiro atoms. The lowest BCUT2D eigenvalue weighted by atomic mass is 10.1. The largest absolute Gasteiger partial charge is 0.399 e. The molecule has 1 atom stereocenters. The number of nitrogens with one attached hydrogen (secondary N) is 1. The Morgan fingerprint density at radius 1 is 1.44 bits per heavy atom. The summed E-state index contributed by atoms with van der Waals surface area (Å²) in [6, 6.07) is 5.25. The number of nitrogens with two attached hydrogens (primary N) is 1. The first kappa shape index (κ1) is 12.4. The van der Waals surface area contributed by atoms with Crippen molar-refractivity contribution in [3.05, 3.63) is 23.8 Å². The quantitative estimate of drug-likeness (QED) is 0.599. The van der Waals surface area contributed by atoms with Gasteiger partial charge in [0.15, 0.2) is 0 Å². The van der Waals surface area contributed by atoms with Crippen molar-refractivity contribution in [3.63, 3.8) is 0 Å². The average Bonchev–Trinajstić information content (AvgIpc) is 2.32. The van der Waals surface area contributed by atoms with Crippen LogP contribution in [-0.4, -0.2) is 24.4 Å². The molecule has 1 aliphatic rings. The van der Waals surface area contributed by atoms with Gasteiger partial charge in [-0.1, -0.05) is 6.92 Å². The molecular weight excluding hydrogens is 230 g/mol. The van der Waals surface area contributed by atoms with Crippen LogP contribution in [0.1, 0.15) is 18.9 Å². The Labute approximate surface area is 106 Å². The molecule has 5 heteroatoms. The number of carbonyl (C=O) groups excluding carboxylic acids is 2. The van der Waals surface area contributed by atoms with E-state index in [-0.39, 0.29) is 24.4 Å². The minimum Gasteiger partial charge on any atom is -0.399 e. The Kier molecular flexibility index (Phi) is 3.23. The number of piperazine rings is 1. The molecule has 2 rings (SSSR count). The third-order valence-electron chi connectivity index (χ3n) is 3.23. The van der Waals surface area contributed by atoms with Crippen LogP contribution in [0.3, 0.4) is 0 Å². The van der Waals surface area contributed by atoms with Crippen molar-refractivity contribution < 1.29 is 9.59 Å². The zero-order valence-electron chi connectivity index (χ0n) is 10.6. The van der Waals surface area contributed by atoms with Gasteiger partial charge in [-0.2, -0.15) is 0 Å². The van der Waals surface area contributed by atoms with E-state index >= 15 is 0 Å². The fourth-order valence-corrected chi connectivity index (χ4v) is 2.18. The molecule has 1 aliphatic heterocycles. The van der Waals surface area contributed by atoms with Gasteiger partial charge in [0.05, 0.1) is 6.54 Å². The SMILES string of the molecule is CCC1C(=O)NC(=O)CN1c1ccc(N)c(C)c1. The molecule has 1 aromatic carbocycles. The predicted molar refractivity (Wildman–Crippen MR) is 70.2 cm³/mol. The third-order valence-corrected chi connectivity index (χ3v) is 3.23. The smallest absolute Gasteiger partial charge is 0.249 e. The van der Waals surface area contributed by atoms with Gasteiger partial charge < -0.3 is 10.6 Å². The van der Waals surface area contributed by atoms with Crippen LogP contribution < -0.4 is 16.0 Å². The highest BCUT2D eigenvalue weighted by molar-refractivity contribution is 6.04. The summed E-state index contributed by atoms with van der Waals surface area (Å²) >= 11 is 0. The summed E-state index contributed by atoms with van der Waals surface area (Å²) in [6.45, 7) is 4.04. The van der Waals surface area contributed by atoms with Crippen LogP contribution in [0.15, 0.2) is 18.2 Å². The molecule has 0 saturated carbocycles. The fraction of sp³-hybridized carbons (Fsp3) is 0.385. The summed E-state index contributed by atoms with van der Waals surface area (Å²) < 4.78 is 0. The Morgan fingerprint density at radius 2 is 2.17 bits per heavy atom. The summed E-state index contributed by atoms with van der Waals surface area (Å²) in [5.74, 6) is -0.498. The molecule has 1 fully saturated rings. The molecule has 1 unspecified atom stereocenters. The maximum Gasteiger partial charge on any atom is 0.249 e. The highest BCUT2D eigenvalue weighted by Gasteiger charge is 2.32. The number of amides is 2. The van der Waals surface area contributed by atoms with Crippen molar-refractivity contribution in [2.24, 2.45) is 0 Å². The van der Waals surface area contributed by atoms with Gasteiger partial charge in [-0.05, 0) is 37.1 Å². The van der Waals surface area contributed by atoms with Crippen molar-refractivity contribution in [1.82, 2.24) is 5.32 Å². The van der Waals surface area contributed by atoms with Crippen molar-refractivity contribution >= 4 is 23.2 Å². The lowest BCUT2D eigenvalue weighted by Gasteiger charge is -2.35. The predicted octanol–water partition coefficient (Wildman–Crippen LogP) is 0.819. The number of imide groups is 1. The Hall–Kier alpha value is -2.04. The zero-order chi connectivity index (χ0) is 13.3. The second-order valence-electron chi connectivity index (χ2n) is 4.51. The number of aryl methyl sites for hydroxylation is 1. The summed E-state index contributed by atoms with van der Waals surface area (Å²) in [5, 5.41) is 2.36. The topological polar surface area (TPSA) is 75.4 Å². The van der Waals surface area contributed by atoms with Gasteiger partial charge in [0.2, 0.25) is 11.8 Å². The molecule has 0 bridgehead atoms. The van der Waals surface area contributed by atoms with Gasteiger partial charge in [0.1, 0.15) is 6.04 Å². The van der Waals surface area contributed by atoms with E-state index in [0.717, 1.165) is 11.3 Å². The minimum absolute atomic E-state index is 0.202. The van der Waals surface area contributed by atoms with E-state index in [9.17, 15) is 9.59 Å². The molecular formula is C13H17N3O2. The van der Waals surface area contributed by atoms with Gasteiger partial charge in [0, 0.05) is 11.4 Å². The lowest BCUT2D eigenvalue weighted by molar-refractivity contribution is -0.132. The number of benzene rings is 1. The number of nitrogen functional groups attached to an aromatic ring is 1. The van der Waals surface area contributed by atoms with Gasteiger partial charge in [-0.15, -0.1) is 0 Å². The maximum atomic E-state index is 11.8. The van der Waals surface area contributed by atoms with Crippen LogP contribution in [0.25, 0.3) is 0 Å². The first-order chi connectivity index (χ1) is 8.52. The van der Waals surface area contributed by atoms with Crippen LogP contribution in [0.5, 0.6) is 0 Å². The summed E-state index contributed by atoms with van der Waals surface area (Å²) in [4.78, 5) is 25.1. The molecule has 0 radical (unpaired) electrons. The number of anilines is 2. The summed E-state index contributed by atoms with van der Waals surface area (Å²) in [5.41, 5.74) is 8.29. The van der Waals surface area contributed by atoms with Crippen LogP contribution in [0.2, 0.25) is 0 Å². The number of nitrogens with zero attached hydrogens (tertiary/aromatic N) is 1. The van der Waals surface area contributed by atoms with Crippen molar-refractivity contribution in [2.45, 2.75) is 26.3 Å². The summed E-state index contributed by atoms with van der Waals surface area (Å²) in [7, 11) is 0. The molecule has 18 heavy (non-hydrogen) atoms. The van der Waals surface area contributed by atoms with E-state index in [0.29, 0.717) is 12.1 Å². The Bertz CT molecular complexity index is 499. The molecule has 96 valence electrons. The molecule has 0 aliphatic carbocycles. The fourth-order valence-electron chi connectivity index (χ4n) is 2.18. The second-order valence-corrected chi connectivity index (χ2v) is 4.51. The van der Waals surface area contributed by atoms with E-state index < -0.39 is 0 Å². The van der Waals surface area contributed by atoms with Crippen LogP contribution in [0.4, 0.5) is 11.4 Å². The molecule has 1 aromatic rings.